The van der Waals surface area contributed by atoms with E-state index in [-0.39, 0.29) is 20.8 Å². The molecule has 2 aliphatic carbocycles. The van der Waals surface area contributed by atoms with E-state index in [0.717, 1.165) is 0 Å². The number of carbonyl (C=O) groups excluding carboxylic acids is 3. The summed E-state index contributed by atoms with van der Waals surface area (Å²) < 4.78 is 0. The van der Waals surface area contributed by atoms with Crippen molar-refractivity contribution < 1.29 is 14.4 Å². The van der Waals surface area contributed by atoms with Gasteiger partial charge in [0.1, 0.15) is 5.41 Å². The van der Waals surface area contributed by atoms with Gasteiger partial charge in [0.15, 0.2) is 0 Å². The predicted molar refractivity (Wildman–Crippen MR) is 93.7 cm³/mol. The lowest BCUT2D eigenvalue weighted by molar-refractivity contribution is -0.147. The molecule has 1 amide bonds. The van der Waals surface area contributed by atoms with Crippen LogP contribution in [0, 0.1) is 16.2 Å². The van der Waals surface area contributed by atoms with Crippen LogP contribution in [-0.2, 0) is 14.4 Å². The summed E-state index contributed by atoms with van der Waals surface area (Å²) in [5, 5.41) is 3.39. The smallest absolute Gasteiger partial charge is 0.239 e. The minimum Gasteiger partial charge on any atom is -0.324 e. The molecule has 24 heavy (non-hydrogen) atoms. The standard InChI is InChI=1S/C17H16Cl3NO3/c1-15(2)16(3)4-5-17(15,13(23)12(16)22)14(24)21-11-7-9(19)8(18)6-10(11)20/h6-7H,4-5H2,1-3H3,(H,21,24). The molecule has 128 valence electrons. The third-order valence-electron chi connectivity index (χ3n) is 6.19. The molecule has 2 bridgehead atoms. The van der Waals surface area contributed by atoms with Gasteiger partial charge in [-0.3, -0.25) is 14.4 Å². The Morgan fingerprint density at radius 3 is 2.08 bits per heavy atom. The molecule has 2 atom stereocenters. The molecule has 4 nitrogen and oxygen atoms in total. The third-order valence-corrected chi connectivity index (χ3v) is 7.22. The Labute approximate surface area is 154 Å². The number of halogens is 3. The molecule has 0 heterocycles. The van der Waals surface area contributed by atoms with Gasteiger partial charge in [0.2, 0.25) is 17.5 Å². The fraction of sp³-hybridized carbons (Fsp3) is 0.471. The molecule has 1 N–H and O–H groups in total. The number of hydrogen-bond acceptors (Lipinski definition) is 3. The number of nitrogens with one attached hydrogen (secondary N) is 1. The molecular formula is C17H16Cl3NO3. The highest BCUT2D eigenvalue weighted by molar-refractivity contribution is 6.49. The zero-order valence-electron chi connectivity index (χ0n) is 13.4. The second kappa shape index (κ2) is 5.20. The van der Waals surface area contributed by atoms with Gasteiger partial charge in [-0.25, -0.2) is 0 Å². The second-order valence-electron chi connectivity index (χ2n) is 7.22. The van der Waals surface area contributed by atoms with Gasteiger partial charge in [-0.15, -0.1) is 0 Å². The van der Waals surface area contributed by atoms with Crippen molar-refractivity contribution in [2.24, 2.45) is 16.2 Å². The first-order valence-corrected chi connectivity index (χ1v) is 8.68. The predicted octanol–water partition coefficient (Wildman–Crippen LogP) is 4.55. The quantitative estimate of drug-likeness (QED) is 0.459. The first-order chi connectivity index (χ1) is 11.0. The van der Waals surface area contributed by atoms with E-state index in [0.29, 0.717) is 12.8 Å². The van der Waals surface area contributed by atoms with Crippen LogP contribution < -0.4 is 5.32 Å². The van der Waals surface area contributed by atoms with Crippen LogP contribution in [0.25, 0.3) is 0 Å². The van der Waals surface area contributed by atoms with E-state index in [4.69, 9.17) is 34.8 Å². The highest BCUT2D eigenvalue weighted by Gasteiger charge is 2.77. The van der Waals surface area contributed by atoms with Crippen molar-refractivity contribution in [3.05, 3.63) is 27.2 Å². The highest BCUT2D eigenvalue weighted by atomic mass is 35.5. The molecule has 0 saturated heterocycles. The van der Waals surface area contributed by atoms with Crippen LogP contribution in [0.2, 0.25) is 15.1 Å². The molecular weight excluding hydrogens is 373 g/mol. The second-order valence-corrected chi connectivity index (χ2v) is 8.44. The van der Waals surface area contributed by atoms with E-state index in [9.17, 15) is 14.4 Å². The molecule has 0 spiro atoms. The fourth-order valence-corrected chi connectivity index (χ4v) is 4.71. The van der Waals surface area contributed by atoms with Crippen molar-refractivity contribution in [3.8, 4) is 0 Å². The number of benzene rings is 1. The van der Waals surface area contributed by atoms with Gasteiger partial charge in [-0.05, 0) is 30.4 Å². The van der Waals surface area contributed by atoms with Gasteiger partial charge in [0, 0.05) is 5.41 Å². The average molecular weight is 389 g/mol. The number of ketones is 2. The van der Waals surface area contributed by atoms with E-state index < -0.39 is 33.7 Å². The Hall–Kier alpha value is -1.10. The number of anilines is 1. The Morgan fingerprint density at radius 2 is 1.54 bits per heavy atom. The maximum Gasteiger partial charge on any atom is 0.239 e. The Morgan fingerprint density at radius 1 is 0.958 bits per heavy atom. The Balaban J connectivity index is 2.03. The van der Waals surface area contributed by atoms with Crippen LogP contribution in [0.5, 0.6) is 0 Å². The maximum absolute atomic E-state index is 13.0. The van der Waals surface area contributed by atoms with Crippen LogP contribution in [-0.4, -0.2) is 17.5 Å². The Kier molecular flexibility index (Phi) is 3.84. The Bertz CT molecular complexity index is 805. The third kappa shape index (κ3) is 1.91. The monoisotopic (exact) mass is 387 g/mol. The number of hydrogen-bond donors (Lipinski definition) is 1. The van der Waals surface area contributed by atoms with Gasteiger partial charge < -0.3 is 5.32 Å². The first-order valence-electron chi connectivity index (χ1n) is 7.54. The molecule has 0 radical (unpaired) electrons. The van der Waals surface area contributed by atoms with Gasteiger partial charge in [-0.2, -0.15) is 0 Å². The summed E-state index contributed by atoms with van der Waals surface area (Å²) in [6.45, 7) is 5.37. The van der Waals surface area contributed by atoms with Crippen LogP contribution in [0.4, 0.5) is 5.69 Å². The minimum absolute atomic E-state index is 0.212. The summed E-state index contributed by atoms with van der Waals surface area (Å²) in [7, 11) is 0. The molecule has 7 heteroatoms. The summed E-state index contributed by atoms with van der Waals surface area (Å²) in [5.41, 5.74) is -2.71. The van der Waals surface area contributed by atoms with Crippen molar-refractivity contribution in [3.63, 3.8) is 0 Å². The normalized spacial score (nSPS) is 30.8. The molecule has 2 unspecified atom stereocenters. The molecule has 2 fully saturated rings. The van der Waals surface area contributed by atoms with Crippen LogP contribution in [0.1, 0.15) is 33.6 Å². The van der Waals surface area contributed by atoms with E-state index in [1.54, 1.807) is 20.8 Å². The molecule has 2 aliphatic rings. The lowest BCUT2D eigenvalue weighted by Gasteiger charge is -2.37. The van der Waals surface area contributed by atoms with E-state index in [1.807, 2.05) is 0 Å². The zero-order chi connectivity index (χ0) is 18.1. The van der Waals surface area contributed by atoms with Gasteiger partial charge in [0.05, 0.1) is 20.8 Å². The fourth-order valence-electron chi connectivity index (χ4n) is 4.12. The summed E-state index contributed by atoms with van der Waals surface area (Å²) >= 11 is 18.0. The van der Waals surface area contributed by atoms with E-state index >= 15 is 0 Å². The molecule has 0 aliphatic heterocycles. The lowest BCUT2D eigenvalue weighted by atomic mass is 9.64. The van der Waals surface area contributed by atoms with Gasteiger partial charge in [0.25, 0.3) is 0 Å². The minimum atomic E-state index is -1.38. The molecule has 0 aromatic heterocycles. The summed E-state index contributed by atoms with van der Waals surface area (Å²) in [4.78, 5) is 38.1. The molecule has 1 aromatic rings. The number of amides is 1. The van der Waals surface area contributed by atoms with Gasteiger partial charge in [-0.1, -0.05) is 55.6 Å². The highest BCUT2D eigenvalue weighted by Crippen LogP contribution is 2.69. The number of fused-ring (bicyclic) bond motifs is 2. The summed E-state index contributed by atoms with van der Waals surface area (Å²) in [6.07, 6.45) is 0.846. The van der Waals surface area contributed by atoms with Crippen molar-refractivity contribution in [1.29, 1.82) is 0 Å². The van der Waals surface area contributed by atoms with Crippen LogP contribution >= 0.6 is 34.8 Å². The summed E-state index contributed by atoms with van der Waals surface area (Å²) in [5.74, 6) is -1.60. The number of rotatable bonds is 2. The summed E-state index contributed by atoms with van der Waals surface area (Å²) in [6, 6.07) is 2.85. The average Bonchev–Trinajstić information content (AvgIpc) is 2.77. The van der Waals surface area contributed by atoms with Gasteiger partial charge >= 0.3 is 0 Å². The van der Waals surface area contributed by atoms with Crippen molar-refractivity contribution >= 4 is 58.0 Å². The van der Waals surface area contributed by atoms with E-state index in [1.165, 1.54) is 12.1 Å². The lowest BCUT2D eigenvalue weighted by Crippen LogP contribution is -2.47. The largest absolute Gasteiger partial charge is 0.324 e. The van der Waals surface area contributed by atoms with Crippen molar-refractivity contribution in [2.45, 2.75) is 33.6 Å². The maximum atomic E-state index is 13.0. The zero-order valence-corrected chi connectivity index (χ0v) is 15.7. The molecule has 1 aromatic carbocycles. The van der Waals surface area contributed by atoms with E-state index in [2.05, 4.69) is 5.32 Å². The number of carbonyl (C=O) groups is 3. The topological polar surface area (TPSA) is 63.2 Å². The number of Topliss-reactive ketones (excluding diaryl/α,β-unsaturated/α-hetero) is 2. The van der Waals surface area contributed by atoms with Crippen LogP contribution in [0.15, 0.2) is 12.1 Å². The first kappa shape index (κ1) is 17.7. The van der Waals surface area contributed by atoms with Crippen molar-refractivity contribution in [1.82, 2.24) is 0 Å². The molecule has 2 saturated carbocycles. The van der Waals surface area contributed by atoms with Crippen LogP contribution in [0.3, 0.4) is 0 Å². The SMILES string of the molecule is CC12CCC(C(=O)Nc3cc(Cl)c(Cl)cc3Cl)(C(=O)C1=O)C2(C)C. The van der Waals surface area contributed by atoms with Crippen molar-refractivity contribution in [2.75, 3.05) is 5.32 Å². The molecule has 3 rings (SSSR count).